The Balaban J connectivity index is 2.17. The first-order valence-electron chi connectivity index (χ1n) is 6.55. The van der Waals surface area contributed by atoms with Crippen LogP contribution in [0.1, 0.15) is 5.56 Å². The van der Waals surface area contributed by atoms with Gasteiger partial charge in [-0.2, -0.15) is 4.31 Å². The van der Waals surface area contributed by atoms with Crippen molar-refractivity contribution in [1.29, 1.82) is 0 Å². The monoisotopic (exact) mass is 301 g/mol. The van der Waals surface area contributed by atoms with Crippen molar-refractivity contribution in [3.63, 3.8) is 0 Å². The van der Waals surface area contributed by atoms with Gasteiger partial charge in [0.1, 0.15) is 5.82 Å². The van der Waals surface area contributed by atoms with Crippen molar-refractivity contribution < 1.29 is 12.8 Å². The number of rotatable bonds is 4. The Kier molecular flexibility index (Phi) is 4.62. The second kappa shape index (κ2) is 6.07. The summed E-state index contributed by atoms with van der Waals surface area (Å²) in [6.07, 6.45) is 1.22. The number of halogens is 1. The van der Waals surface area contributed by atoms with E-state index in [1.165, 1.54) is 16.6 Å². The number of hydrogen-bond donors (Lipinski definition) is 1. The van der Waals surface area contributed by atoms with Crippen LogP contribution in [-0.2, 0) is 16.6 Å². The number of anilines is 1. The molecule has 1 aliphatic rings. The molecule has 0 radical (unpaired) electrons. The number of sulfonamides is 1. The Bertz CT molecular complexity index is 569. The van der Waals surface area contributed by atoms with Crippen LogP contribution in [0.2, 0.25) is 0 Å². The maximum absolute atomic E-state index is 13.9. The zero-order chi connectivity index (χ0) is 14.8. The van der Waals surface area contributed by atoms with E-state index < -0.39 is 10.0 Å². The molecule has 0 atom stereocenters. The minimum atomic E-state index is -3.14. The van der Waals surface area contributed by atoms with Gasteiger partial charge in [-0.05, 0) is 19.2 Å². The van der Waals surface area contributed by atoms with Gasteiger partial charge in [0.05, 0.1) is 6.26 Å². The Hall–Kier alpha value is -1.18. The van der Waals surface area contributed by atoms with E-state index in [2.05, 4.69) is 5.32 Å². The molecule has 20 heavy (non-hydrogen) atoms. The van der Waals surface area contributed by atoms with Crippen molar-refractivity contribution in [2.24, 2.45) is 0 Å². The molecule has 0 unspecified atom stereocenters. The van der Waals surface area contributed by atoms with Gasteiger partial charge >= 0.3 is 0 Å². The molecule has 1 N–H and O–H groups in total. The summed E-state index contributed by atoms with van der Waals surface area (Å²) in [5.41, 5.74) is 1.47. The molecule has 1 saturated heterocycles. The van der Waals surface area contributed by atoms with Gasteiger partial charge in [0.2, 0.25) is 10.0 Å². The van der Waals surface area contributed by atoms with Crippen molar-refractivity contribution in [2.45, 2.75) is 6.54 Å². The third-order valence-corrected chi connectivity index (χ3v) is 4.80. The molecule has 1 heterocycles. The summed E-state index contributed by atoms with van der Waals surface area (Å²) in [4.78, 5) is 2.04. The van der Waals surface area contributed by atoms with Crippen molar-refractivity contribution in [3.8, 4) is 0 Å². The van der Waals surface area contributed by atoms with Gasteiger partial charge in [-0.1, -0.05) is 6.07 Å². The number of piperazine rings is 1. The van der Waals surface area contributed by atoms with Crippen LogP contribution >= 0.6 is 0 Å². The van der Waals surface area contributed by atoms with Crippen molar-refractivity contribution in [2.75, 3.05) is 44.4 Å². The molecule has 1 aromatic rings. The van der Waals surface area contributed by atoms with E-state index in [0.29, 0.717) is 38.3 Å². The average molecular weight is 301 g/mol. The fourth-order valence-electron chi connectivity index (χ4n) is 2.46. The first kappa shape index (κ1) is 15.2. The van der Waals surface area contributed by atoms with Gasteiger partial charge in [-0.15, -0.1) is 0 Å². The molecule has 112 valence electrons. The Morgan fingerprint density at radius 3 is 2.45 bits per heavy atom. The summed E-state index contributed by atoms with van der Waals surface area (Å²) in [7, 11) is -1.36. The normalized spacial score (nSPS) is 17.4. The zero-order valence-corrected chi connectivity index (χ0v) is 12.6. The van der Waals surface area contributed by atoms with Gasteiger partial charge in [-0.25, -0.2) is 12.8 Å². The predicted molar refractivity (Wildman–Crippen MR) is 77.8 cm³/mol. The number of benzene rings is 1. The largest absolute Gasteiger partial charge is 0.369 e. The first-order valence-corrected chi connectivity index (χ1v) is 8.40. The number of hydrogen-bond acceptors (Lipinski definition) is 4. The molecule has 0 aromatic heterocycles. The Morgan fingerprint density at radius 1 is 1.25 bits per heavy atom. The van der Waals surface area contributed by atoms with Crippen LogP contribution in [0.5, 0.6) is 0 Å². The quantitative estimate of drug-likeness (QED) is 0.886. The lowest BCUT2D eigenvalue weighted by Gasteiger charge is -2.35. The molecule has 2 rings (SSSR count). The number of nitrogens with zero attached hydrogens (tertiary/aromatic N) is 2. The van der Waals surface area contributed by atoms with E-state index in [9.17, 15) is 12.8 Å². The lowest BCUT2D eigenvalue weighted by Crippen LogP contribution is -2.48. The van der Waals surface area contributed by atoms with Gasteiger partial charge in [0.25, 0.3) is 0 Å². The van der Waals surface area contributed by atoms with E-state index in [0.717, 1.165) is 5.69 Å². The van der Waals surface area contributed by atoms with Crippen LogP contribution in [0.4, 0.5) is 10.1 Å². The third-order valence-electron chi connectivity index (χ3n) is 3.50. The molecular weight excluding hydrogens is 281 g/mol. The third kappa shape index (κ3) is 3.28. The fraction of sp³-hybridized carbons (Fsp3) is 0.538. The van der Waals surface area contributed by atoms with E-state index >= 15 is 0 Å². The molecule has 1 aliphatic heterocycles. The van der Waals surface area contributed by atoms with Crippen LogP contribution in [0.3, 0.4) is 0 Å². The Labute approximate surface area is 119 Å². The molecule has 0 amide bonds. The van der Waals surface area contributed by atoms with Gasteiger partial charge in [-0.3, -0.25) is 0 Å². The maximum atomic E-state index is 13.9. The lowest BCUT2D eigenvalue weighted by atomic mass is 10.1. The molecule has 7 heteroatoms. The van der Waals surface area contributed by atoms with Crippen LogP contribution < -0.4 is 10.2 Å². The highest BCUT2D eigenvalue weighted by Gasteiger charge is 2.25. The average Bonchev–Trinajstić information content (AvgIpc) is 2.40. The lowest BCUT2D eigenvalue weighted by molar-refractivity contribution is 0.387. The highest BCUT2D eigenvalue weighted by molar-refractivity contribution is 7.88. The molecule has 1 aromatic carbocycles. The predicted octanol–water partition coefficient (Wildman–Crippen LogP) is 0.627. The smallest absolute Gasteiger partial charge is 0.211 e. The molecular formula is C13H20FN3O2S. The second-order valence-corrected chi connectivity index (χ2v) is 6.90. The van der Waals surface area contributed by atoms with Crippen LogP contribution in [0.15, 0.2) is 18.2 Å². The van der Waals surface area contributed by atoms with Crippen LogP contribution in [0.25, 0.3) is 0 Å². The van der Waals surface area contributed by atoms with E-state index in [4.69, 9.17) is 0 Å². The summed E-state index contributed by atoms with van der Waals surface area (Å²) in [6, 6.07) is 5.02. The van der Waals surface area contributed by atoms with Crippen LogP contribution in [-0.4, -0.2) is 52.2 Å². The minimum Gasteiger partial charge on any atom is -0.369 e. The molecule has 0 spiro atoms. The van der Waals surface area contributed by atoms with Gasteiger partial charge in [0.15, 0.2) is 0 Å². The summed E-state index contributed by atoms with van der Waals surface area (Å²) in [6.45, 7) is 2.48. The van der Waals surface area contributed by atoms with Crippen LogP contribution in [0, 0.1) is 5.82 Å². The molecule has 5 nitrogen and oxygen atoms in total. The van der Waals surface area contributed by atoms with Gasteiger partial charge < -0.3 is 10.2 Å². The molecule has 0 saturated carbocycles. The Morgan fingerprint density at radius 2 is 1.90 bits per heavy atom. The SMILES string of the molecule is CNCc1c(F)cccc1N1CCN(S(C)(=O)=O)CC1. The highest BCUT2D eigenvalue weighted by Crippen LogP contribution is 2.24. The summed E-state index contributed by atoms with van der Waals surface area (Å²) in [5, 5.41) is 2.96. The summed E-state index contributed by atoms with van der Waals surface area (Å²) < 4.78 is 38.3. The van der Waals surface area contributed by atoms with Gasteiger partial charge in [0, 0.05) is 44.0 Å². The van der Waals surface area contributed by atoms with E-state index in [1.807, 2.05) is 11.0 Å². The van der Waals surface area contributed by atoms with Crippen molar-refractivity contribution in [3.05, 3.63) is 29.6 Å². The molecule has 0 bridgehead atoms. The summed E-state index contributed by atoms with van der Waals surface area (Å²) in [5.74, 6) is -0.234. The topological polar surface area (TPSA) is 52.6 Å². The minimum absolute atomic E-state index is 0.234. The van der Waals surface area contributed by atoms with Crippen molar-refractivity contribution in [1.82, 2.24) is 9.62 Å². The fourth-order valence-corrected chi connectivity index (χ4v) is 3.28. The van der Waals surface area contributed by atoms with E-state index in [-0.39, 0.29) is 5.82 Å². The number of nitrogens with one attached hydrogen (secondary N) is 1. The maximum Gasteiger partial charge on any atom is 0.211 e. The second-order valence-electron chi connectivity index (χ2n) is 4.92. The summed E-state index contributed by atoms with van der Waals surface area (Å²) >= 11 is 0. The molecule has 0 aliphatic carbocycles. The first-order chi connectivity index (χ1) is 9.43. The molecule has 1 fully saturated rings. The standard InChI is InChI=1S/C13H20FN3O2S/c1-15-10-11-12(14)4-3-5-13(11)16-6-8-17(9-7-16)20(2,18)19/h3-5,15H,6-10H2,1-2H3. The zero-order valence-electron chi connectivity index (χ0n) is 11.8. The van der Waals surface area contributed by atoms with Crippen molar-refractivity contribution >= 4 is 15.7 Å². The van der Waals surface area contributed by atoms with E-state index in [1.54, 1.807) is 13.1 Å². The highest BCUT2D eigenvalue weighted by atomic mass is 32.2.